The van der Waals surface area contributed by atoms with Crippen LogP contribution in [0.2, 0.25) is 0 Å². The SMILES string of the molecule is C=Cc1cc(C)sc1/C=C\C.CC. The predicted molar refractivity (Wildman–Crippen MR) is 65.2 cm³/mol. The molecule has 0 spiro atoms. The molecule has 1 heteroatoms. The first-order valence-corrected chi connectivity index (χ1v) is 5.45. The molecule has 0 N–H and O–H groups in total. The van der Waals surface area contributed by atoms with Crippen LogP contribution in [0.1, 0.15) is 36.1 Å². The van der Waals surface area contributed by atoms with Gasteiger partial charge >= 0.3 is 0 Å². The van der Waals surface area contributed by atoms with Crippen LogP contribution >= 0.6 is 11.3 Å². The van der Waals surface area contributed by atoms with Crippen LogP contribution in [-0.2, 0) is 0 Å². The topological polar surface area (TPSA) is 0 Å². The summed E-state index contributed by atoms with van der Waals surface area (Å²) in [5.74, 6) is 0. The molecule has 0 saturated heterocycles. The summed E-state index contributed by atoms with van der Waals surface area (Å²) in [5.41, 5.74) is 1.24. The highest BCUT2D eigenvalue weighted by atomic mass is 32.1. The fourth-order valence-corrected chi connectivity index (χ4v) is 1.99. The van der Waals surface area contributed by atoms with Crippen molar-refractivity contribution >= 4 is 23.5 Å². The molecular formula is C12H18S. The maximum absolute atomic E-state index is 3.76. The molecule has 1 aromatic heterocycles. The van der Waals surface area contributed by atoms with Crippen LogP contribution in [0.15, 0.2) is 18.7 Å². The smallest absolute Gasteiger partial charge is 0.0342 e. The van der Waals surface area contributed by atoms with E-state index in [-0.39, 0.29) is 0 Å². The monoisotopic (exact) mass is 194 g/mol. The third-order valence-corrected chi connectivity index (χ3v) is 2.48. The van der Waals surface area contributed by atoms with Crippen molar-refractivity contribution in [3.05, 3.63) is 34.0 Å². The highest BCUT2D eigenvalue weighted by Crippen LogP contribution is 2.23. The van der Waals surface area contributed by atoms with E-state index in [0.29, 0.717) is 0 Å². The maximum Gasteiger partial charge on any atom is 0.0342 e. The normalized spacial score (nSPS) is 9.54. The molecule has 0 atom stereocenters. The summed E-state index contributed by atoms with van der Waals surface area (Å²) in [6, 6.07) is 2.16. The lowest BCUT2D eigenvalue weighted by atomic mass is 10.2. The van der Waals surface area contributed by atoms with Crippen LogP contribution < -0.4 is 0 Å². The second-order valence-corrected chi connectivity index (χ2v) is 3.67. The average Bonchev–Trinajstić information content (AvgIpc) is 2.50. The van der Waals surface area contributed by atoms with Gasteiger partial charge in [-0.2, -0.15) is 0 Å². The van der Waals surface area contributed by atoms with E-state index in [1.165, 1.54) is 15.3 Å². The quantitative estimate of drug-likeness (QED) is 0.637. The van der Waals surface area contributed by atoms with Gasteiger partial charge < -0.3 is 0 Å². The molecular weight excluding hydrogens is 176 g/mol. The van der Waals surface area contributed by atoms with Crippen molar-refractivity contribution < 1.29 is 0 Å². The van der Waals surface area contributed by atoms with E-state index >= 15 is 0 Å². The zero-order valence-corrected chi connectivity index (χ0v) is 9.74. The van der Waals surface area contributed by atoms with Crippen molar-refractivity contribution in [2.75, 3.05) is 0 Å². The van der Waals surface area contributed by atoms with Crippen LogP contribution in [0.5, 0.6) is 0 Å². The van der Waals surface area contributed by atoms with E-state index in [1.54, 1.807) is 11.3 Å². The molecule has 0 aromatic carbocycles. The van der Waals surface area contributed by atoms with Gasteiger partial charge in [-0.15, -0.1) is 11.3 Å². The van der Waals surface area contributed by atoms with E-state index in [9.17, 15) is 0 Å². The summed E-state index contributed by atoms with van der Waals surface area (Å²) < 4.78 is 0. The second-order valence-electron chi connectivity index (χ2n) is 2.38. The van der Waals surface area contributed by atoms with E-state index < -0.39 is 0 Å². The van der Waals surface area contributed by atoms with Crippen molar-refractivity contribution in [1.29, 1.82) is 0 Å². The van der Waals surface area contributed by atoms with Gasteiger partial charge in [0.25, 0.3) is 0 Å². The number of aryl methyl sites for hydroxylation is 1. The first kappa shape index (κ1) is 12.2. The Hall–Kier alpha value is -0.820. The third kappa shape index (κ3) is 3.60. The number of hydrogen-bond acceptors (Lipinski definition) is 1. The standard InChI is InChI=1S/C10H12S.C2H6/c1-4-6-10-9(5-2)7-8(3)11-10;1-2/h4-7H,2H2,1,3H3;1-2H3/b6-4-;. The molecule has 1 rings (SSSR count). The van der Waals surface area contributed by atoms with Crippen molar-refractivity contribution in [2.24, 2.45) is 0 Å². The van der Waals surface area contributed by atoms with E-state index in [1.807, 2.05) is 26.8 Å². The Morgan fingerprint density at radius 3 is 2.46 bits per heavy atom. The molecule has 0 radical (unpaired) electrons. The zero-order valence-electron chi connectivity index (χ0n) is 8.92. The summed E-state index contributed by atoms with van der Waals surface area (Å²) in [6.07, 6.45) is 6.08. The average molecular weight is 194 g/mol. The van der Waals surface area contributed by atoms with Gasteiger partial charge in [-0.05, 0) is 31.6 Å². The molecule has 0 amide bonds. The molecule has 0 nitrogen and oxygen atoms in total. The largest absolute Gasteiger partial charge is 0.141 e. The highest BCUT2D eigenvalue weighted by Gasteiger charge is 1.98. The Labute approximate surface area is 85.6 Å². The van der Waals surface area contributed by atoms with Crippen molar-refractivity contribution in [3.8, 4) is 0 Å². The predicted octanol–water partition coefficient (Wildman–Crippen LogP) is 4.76. The molecule has 0 bridgehead atoms. The summed E-state index contributed by atoms with van der Waals surface area (Å²) in [4.78, 5) is 2.65. The van der Waals surface area contributed by atoms with Crippen LogP contribution in [0.3, 0.4) is 0 Å². The Balaban J connectivity index is 0.000000671. The van der Waals surface area contributed by atoms with E-state index in [2.05, 4.69) is 31.7 Å². The lowest BCUT2D eigenvalue weighted by Gasteiger charge is -1.86. The molecule has 0 aliphatic heterocycles. The minimum atomic E-state index is 1.24. The Bertz CT molecular complexity index is 279. The van der Waals surface area contributed by atoms with E-state index in [0.717, 1.165) is 0 Å². The minimum absolute atomic E-state index is 1.24. The highest BCUT2D eigenvalue weighted by molar-refractivity contribution is 7.13. The molecule has 0 fully saturated rings. The van der Waals surface area contributed by atoms with Gasteiger partial charge in [0, 0.05) is 9.75 Å². The lowest BCUT2D eigenvalue weighted by molar-refractivity contribution is 1.50. The Morgan fingerprint density at radius 1 is 1.38 bits per heavy atom. The van der Waals surface area contributed by atoms with Gasteiger partial charge in [-0.1, -0.05) is 32.6 Å². The summed E-state index contributed by atoms with van der Waals surface area (Å²) in [6.45, 7) is 11.9. The molecule has 1 aromatic rings. The fraction of sp³-hybridized carbons (Fsp3) is 0.333. The number of thiophene rings is 1. The Kier molecular flexibility index (Phi) is 6.25. The fourth-order valence-electron chi connectivity index (χ4n) is 0.993. The van der Waals surface area contributed by atoms with Gasteiger partial charge in [0.2, 0.25) is 0 Å². The van der Waals surface area contributed by atoms with Gasteiger partial charge in [0.05, 0.1) is 0 Å². The van der Waals surface area contributed by atoms with Crippen molar-refractivity contribution in [3.63, 3.8) is 0 Å². The molecule has 0 unspecified atom stereocenters. The van der Waals surface area contributed by atoms with E-state index in [4.69, 9.17) is 0 Å². The van der Waals surface area contributed by atoms with Crippen LogP contribution in [0.25, 0.3) is 12.2 Å². The lowest BCUT2D eigenvalue weighted by Crippen LogP contribution is -1.65. The molecule has 0 saturated carbocycles. The van der Waals surface area contributed by atoms with Crippen molar-refractivity contribution in [1.82, 2.24) is 0 Å². The van der Waals surface area contributed by atoms with Crippen LogP contribution in [0.4, 0.5) is 0 Å². The summed E-state index contributed by atoms with van der Waals surface area (Å²) >= 11 is 1.81. The van der Waals surface area contributed by atoms with Crippen LogP contribution in [0, 0.1) is 6.92 Å². The molecule has 1 heterocycles. The minimum Gasteiger partial charge on any atom is -0.141 e. The second kappa shape index (κ2) is 6.67. The van der Waals surface area contributed by atoms with Crippen LogP contribution in [-0.4, -0.2) is 0 Å². The summed E-state index contributed by atoms with van der Waals surface area (Å²) in [5, 5.41) is 0. The first-order valence-electron chi connectivity index (χ1n) is 4.63. The molecule has 13 heavy (non-hydrogen) atoms. The maximum atomic E-state index is 3.76. The Morgan fingerprint density at radius 2 is 2.00 bits per heavy atom. The van der Waals surface area contributed by atoms with Gasteiger partial charge in [0.1, 0.15) is 0 Å². The number of rotatable bonds is 2. The van der Waals surface area contributed by atoms with Crippen molar-refractivity contribution in [2.45, 2.75) is 27.7 Å². The number of allylic oxidation sites excluding steroid dienone is 1. The summed E-state index contributed by atoms with van der Waals surface area (Å²) in [7, 11) is 0. The molecule has 72 valence electrons. The first-order chi connectivity index (χ1) is 6.27. The third-order valence-electron chi connectivity index (χ3n) is 1.45. The van der Waals surface area contributed by atoms with Gasteiger partial charge in [-0.3, -0.25) is 0 Å². The van der Waals surface area contributed by atoms with Gasteiger partial charge in [0.15, 0.2) is 0 Å². The molecule has 0 aliphatic rings. The zero-order chi connectivity index (χ0) is 10.3. The number of hydrogen-bond donors (Lipinski definition) is 0. The van der Waals surface area contributed by atoms with Gasteiger partial charge in [-0.25, -0.2) is 0 Å². The molecule has 0 aliphatic carbocycles.